The van der Waals surface area contributed by atoms with Gasteiger partial charge in [-0.2, -0.15) is 0 Å². The van der Waals surface area contributed by atoms with E-state index >= 15 is 0 Å². The van der Waals surface area contributed by atoms with E-state index in [2.05, 4.69) is 27.6 Å². The molecule has 1 aromatic heterocycles. The second kappa shape index (κ2) is 3.84. The topological polar surface area (TPSA) is 42.1 Å². The van der Waals surface area contributed by atoms with Gasteiger partial charge in [0, 0.05) is 17.3 Å². The molecule has 78 valence electrons. The van der Waals surface area contributed by atoms with Gasteiger partial charge in [-0.25, -0.2) is 0 Å². The Morgan fingerprint density at radius 1 is 1.47 bits per heavy atom. The van der Waals surface area contributed by atoms with E-state index in [-0.39, 0.29) is 0 Å². The number of fused-ring (bicyclic) bond motifs is 1. The third kappa shape index (κ3) is 1.99. The molecular formula is C11H10INO2. The molecule has 0 radical (unpaired) electrons. The number of nitrogens with one attached hydrogen (secondary N) is 1. The molecule has 0 saturated heterocycles. The van der Waals surface area contributed by atoms with Crippen LogP contribution in [0.3, 0.4) is 0 Å². The number of hydrogen-bond acceptors (Lipinski definition) is 2. The number of halogens is 1. The van der Waals surface area contributed by atoms with Crippen molar-refractivity contribution in [3.63, 3.8) is 0 Å². The summed E-state index contributed by atoms with van der Waals surface area (Å²) in [7, 11) is 0. The number of benzene rings is 1. The molecule has 1 N–H and O–H groups in total. The van der Waals surface area contributed by atoms with E-state index in [0.29, 0.717) is 6.47 Å². The van der Waals surface area contributed by atoms with Gasteiger partial charge in [0.15, 0.2) is 3.61 Å². The number of aromatic amines is 1. The van der Waals surface area contributed by atoms with Crippen molar-refractivity contribution in [2.45, 2.75) is 10.5 Å². The maximum Gasteiger partial charge on any atom is 0.294 e. The SMILES string of the molecule is CC(I)(OC=O)c1ccc2[nH]ccc2c1. The minimum absolute atomic E-state index is 0.480. The molecule has 2 aromatic rings. The molecule has 0 bridgehead atoms. The molecule has 1 atom stereocenters. The first kappa shape index (κ1) is 10.5. The van der Waals surface area contributed by atoms with E-state index in [1.807, 2.05) is 37.4 Å². The van der Waals surface area contributed by atoms with E-state index in [1.165, 1.54) is 0 Å². The molecule has 3 nitrogen and oxygen atoms in total. The molecule has 0 fully saturated rings. The van der Waals surface area contributed by atoms with Crippen LogP contribution in [0.15, 0.2) is 30.5 Å². The normalized spacial score (nSPS) is 14.8. The number of ether oxygens (including phenoxy) is 1. The van der Waals surface area contributed by atoms with Gasteiger partial charge in [-0.3, -0.25) is 4.79 Å². The zero-order valence-electron chi connectivity index (χ0n) is 8.16. The van der Waals surface area contributed by atoms with Gasteiger partial charge < -0.3 is 9.72 Å². The van der Waals surface area contributed by atoms with Crippen LogP contribution in [-0.4, -0.2) is 11.5 Å². The number of aromatic nitrogens is 1. The Hall–Kier alpha value is -1.04. The molecule has 1 unspecified atom stereocenters. The third-order valence-corrected chi connectivity index (χ3v) is 3.22. The van der Waals surface area contributed by atoms with Crippen molar-refractivity contribution in [1.82, 2.24) is 4.98 Å². The lowest BCUT2D eigenvalue weighted by molar-refractivity contribution is -0.134. The minimum Gasteiger partial charge on any atom is -0.446 e. The summed E-state index contributed by atoms with van der Waals surface area (Å²) in [5.41, 5.74) is 2.05. The highest BCUT2D eigenvalue weighted by Gasteiger charge is 2.24. The molecule has 2 rings (SSSR count). The fraction of sp³-hybridized carbons (Fsp3) is 0.182. The van der Waals surface area contributed by atoms with Crippen molar-refractivity contribution in [1.29, 1.82) is 0 Å². The van der Waals surface area contributed by atoms with Crippen molar-refractivity contribution < 1.29 is 9.53 Å². The second-order valence-electron chi connectivity index (χ2n) is 3.41. The maximum absolute atomic E-state index is 10.4. The predicted octanol–water partition coefficient (Wildman–Crippen LogP) is 2.95. The van der Waals surface area contributed by atoms with Gasteiger partial charge in [0.1, 0.15) is 0 Å². The van der Waals surface area contributed by atoms with E-state index < -0.39 is 3.61 Å². The highest BCUT2D eigenvalue weighted by atomic mass is 127. The van der Waals surface area contributed by atoms with Gasteiger partial charge in [-0.15, -0.1) is 0 Å². The number of H-pyrrole nitrogens is 1. The first-order valence-electron chi connectivity index (χ1n) is 4.51. The quantitative estimate of drug-likeness (QED) is 0.537. The van der Waals surface area contributed by atoms with E-state index in [1.54, 1.807) is 0 Å². The summed E-state index contributed by atoms with van der Waals surface area (Å²) in [5, 5.41) is 1.12. The Labute approximate surface area is 101 Å². The predicted molar refractivity (Wildman–Crippen MR) is 66.8 cm³/mol. The van der Waals surface area contributed by atoms with Crippen LogP contribution in [0, 0.1) is 0 Å². The van der Waals surface area contributed by atoms with Crippen molar-refractivity contribution in [2.24, 2.45) is 0 Å². The number of carbonyl (C=O) groups excluding carboxylic acids is 1. The second-order valence-corrected chi connectivity index (χ2v) is 5.47. The highest BCUT2D eigenvalue weighted by Crippen LogP contribution is 2.33. The minimum atomic E-state index is -0.606. The van der Waals surface area contributed by atoms with Gasteiger partial charge in [-0.1, -0.05) is 6.07 Å². The Morgan fingerprint density at radius 2 is 2.27 bits per heavy atom. The van der Waals surface area contributed by atoms with E-state index in [9.17, 15) is 4.79 Å². The molecule has 0 amide bonds. The van der Waals surface area contributed by atoms with Crippen LogP contribution in [0.25, 0.3) is 10.9 Å². The Morgan fingerprint density at radius 3 is 3.00 bits per heavy atom. The zero-order chi connectivity index (χ0) is 10.9. The first-order valence-corrected chi connectivity index (χ1v) is 5.59. The molecule has 0 spiro atoms. The molecule has 15 heavy (non-hydrogen) atoms. The maximum atomic E-state index is 10.4. The van der Waals surface area contributed by atoms with Crippen molar-refractivity contribution in [3.8, 4) is 0 Å². The summed E-state index contributed by atoms with van der Waals surface area (Å²) in [6, 6.07) is 7.94. The Kier molecular flexibility index (Phi) is 2.68. The van der Waals surface area contributed by atoms with E-state index in [4.69, 9.17) is 4.74 Å². The Balaban J connectivity index is 2.47. The van der Waals surface area contributed by atoms with Crippen LogP contribution >= 0.6 is 22.6 Å². The fourth-order valence-electron chi connectivity index (χ4n) is 1.49. The number of hydrogen-bond donors (Lipinski definition) is 1. The third-order valence-electron chi connectivity index (χ3n) is 2.34. The molecule has 0 aliphatic rings. The van der Waals surface area contributed by atoms with Crippen LogP contribution in [0.2, 0.25) is 0 Å². The van der Waals surface area contributed by atoms with Crippen molar-refractivity contribution in [3.05, 3.63) is 36.0 Å². The van der Waals surface area contributed by atoms with Crippen molar-refractivity contribution >= 4 is 40.0 Å². The largest absolute Gasteiger partial charge is 0.446 e. The van der Waals surface area contributed by atoms with E-state index in [0.717, 1.165) is 16.5 Å². The number of carbonyl (C=O) groups is 1. The summed E-state index contributed by atoms with van der Waals surface area (Å²) in [6.45, 7) is 2.34. The van der Waals surface area contributed by atoms with Gasteiger partial charge in [0.2, 0.25) is 0 Å². The summed E-state index contributed by atoms with van der Waals surface area (Å²) < 4.78 is 4.43. The molecule has 4 heteroatoms. The lowest BCUT2D eigenvalue weighted by atomic mass is 10.1. The van der Waals surface area contributed by atoms with Crippen LogP contribution in [0.4, 0.5) is 0 Å². The molecule has 0 aliphatic heterocycles. The van der Waals surface area contributed by atoms with Gasteiger partial charge in [0.05, 0.1) is 0 Å². The first-order chi connectivity index (χ1) is 7.13. The highest BCUT2D eigenvalue weighted by molar-refractivity contribution is 14.1. The lowest BCUT2D eigenvalue weighted by Gasteiger charge is -2.20. The average Bonchev–Trinajstić information content (AvgIpc) is 2.63. The van der Waals surface area contributed by atoms with Crippen LogP contribution in [0.1, 0.15) is 12.5 Å². The molecule has 1 aromatic carbocycles. The lowest BCUT2D eigenvalue weighted by Crippen LogP contribution is -2.16. The standard InChI is InChI=1S/C11H10INO2/c1-11(12,15-7-14)9-2-3-10-8(6-9)4-5-13-10/h2-7,13H,1H3. The summed E-state index contributed by atoms with van der Waals surface area (Å²) >= 11 is 2.11. The van der Waals surface area contributed by atoms with Crippen LogP contribution in [0.5, 0.6) is 0 Å². The van der Waals surface area contributed by atoms with Gasteiger partial charge in [-0.05, 0) is 53.1 Å². The molecule has 1 heterocycles. The smallest absolute Gasteiger partial charge is 0.294 e. The monoisotopic (exact) mass is 315 g/mol. The summed E-state index contributed by atoms with van der Waals surface area (Å²) in [6.07, 6.45) is 1.89. The summed E-state index contributed by atoms with van der Waals surface area (Å²) in [5.74, 6) is 0. The zero-order valence-corrected chi connectivity index (χ0v) is 10.3. The van der Waals surface area contributed by atoms with Gasteiger partial charge in [0.25, 0.3) is 6.47 Å². The molecule has 0 saturated carbocycles. The average molecular weight is 315 g/mol. The summed E-state index contributed by atoms with van der Waals surface area (Å²) in [4.78, 5) is 13.5. The molecule has 0 aliphatic carbocycles. The van der Waals surface area contributed by atoms with Gasteiger partial charge >= 0.3 is 0 Å². The van der Waals surface area contributed by atoms with Crippen LogP contribution in [-0.2, 0) is 13.1 Å². The Bertz CT molecular complexity index is 490. The number of rotatable bonds is 3. The van der Waals surface area contributed by atoms with Crippen molar-refractivity contribution in [2.75, 3.05) is 0 Å². The number of alkyl halides is 1. The molecular weight excluding hydrogens is 305 g/mol. The van der Waals surface area contributed by atoms with Crippen LogP contribution < -0.4 is 0 Å². The fourth-order valence-corrected chi connectivity index (χ4v) is 1.93.